The smallest absolute Gasteiger partial charge is 0.280 e. The minimum atomic E-state index is -0.624. The zero-order valence-electron chi connectivity index (χ0n) is 12.0. The van der Waals surface area contributed by atoms with Crippen molar-refractivity contribution in [2.75, 3.05) is 0 Å². The highest BCUT2D eigenvalue weighted by atomic mass is 16.5. The summed E-state index contributed by atoms with van der Waals surface area (Å²) in [5, 5.41) is 3.89. The van der Waals surface area contributed by atoms with Crippen LogP contribution in [0.15, 0.2) is 53.9 Å². The van der Waals surface area contributed by atoms with Gasteiger partial charge in [0.2, 0.25) is 0 Å². The summed E-state index contributed by atoms with van der Waals surface area (Å²) < 4.78 is 5.56. The van der Waals surface area contributed by atoms with E-state index >= 15 is 0 Å². The van der Waals surface area contributed by atoms with Crippen LogP contribution in [-0.2, 0) is 4.79 Å². The molecule has 0 saturated heterocycles. The molecule has 0 aliphatic carbocycles. The van der Waals surface area contributed by atoms with Gasteiger partial charge in [-0.05, 0) is 49.2 Å². The average molecular weight is 283 g/mol. The van der Waals surface area contributed by atoms with Crippen molar-refractivity contribution < 1.29 is 9.53 Å². The van der Waals surface area contributed by atoms with Gasteiger partial charge in [0, 0.05) is 12.4 Å². The molecule has 21 heavy (non-hydrogen) atoms. The minimum Gasteiger partial charge on any atom is -0.481 e. The zero-order valence-corrected chi connectivity index (χ0v) is 12.0. The van der Waals surface area contributed by atoms with Crippen LogP contribution in [0.3, 0.4) is 0 Å². The highest BCUT2D eigenvalue weighted by molar-refractivity contribution is 5.84. The van der Waals surface area contributed by atoms with Crippen molar-refractivity contribution in [1.29, 1.82) is 0 Å². The standard InChI is InChI=1S/C16H17N3O2/c1-12-4-3-5-15(10-12)21-13(2)16(20)19-18-11-14-6-8-17-9-7-14/h3-11,13H,1-2H3,(H,19,20)/b18-11-. The van der Waals surface area contributed by atoms with Crippen LogP contribution in [0.2, 0.25) is 0 Å². The number of hydrazone groups is 1. The molecule has 0 saturated carbocycles. The van der Waals surface area contributed by atoms with Crippen LogP contribution in [0.5, 0.6) is 5.75 Å². The number of nitrogens with zero attached hydrogens (tertiary/aromatic N) is 2. The summed E-state index contributed by atoms with van der Waals surface area (Å²) in [6.45, 7) is 3.65. The quantitative estimate of drug-likeness (QED) is 0.676. The first-order valence-electron chi connectivity index (χ1n) is 6.61. The van der Waals surface area contributed by atoms with Crippen LogP contribution >= 0.6 is 0 Å². The molecule has 1 aromatic carbocycles. The molecule has 0 spiro atoms. The Kier molecular flexibility index (Phi) is 5.04. The number of benzene rings is 1. The monoisotopic (exact) mass is 283 g/mol. The first-order valence-corrected chi connectivity index (χ1v) is 6.61. The Balaban J connectivity index is 1.87. The lowest BCUT2D eigenvalue weighted by Gasteiger charge is -2.13. The molecule has 0 fully saturated rings. The van der Waals surface area contributed by atoms with E-state index in [-0.39, 0.29) is 5.91 Å². The highest BCUT2D eigenvalue weighted by Gasteiger charge is 2.13. The zero-order chi connectivity index (χ0) is 15.1. The van der Waals surface area contributed by atoms with Crippen molar-refractivity contribution in [3.63, 3.8) is 0 Å². The third kappa shape index (κ3) is 4.72. The number of ether oxygens (including phenoxy) is 1. The SMILES string of the molecule is Cc1cccc(OC(C)C(=O)N/N=C\c2ccncc2)c1. The summed E-state index contributed by atoms with van der Waals surface area (Å²) in [6, 6.07) is 11.1. The number of hydrogen-bond acceptors (Lipinski definition) is 4. The normalized spacial score (nSPS) is 12.1. The molecule has 0 bridgehead atoms. The number of rotatable bonds is 5. The van der Waals surface area contributed by atoms with Gasteiger partial charge in [0.1, 0.15) is 5.75 Å². The number of carbonyl (C=O) groups is 1. The van der Waals surface area contributed by atoms with Crippen LogP contribution in [0.25, 0.3) is 0 Å². The van der Waals surface area contributed by atoms with E-state index in [9.17, 15) is 4.79 Å². The number of hydrogen-bond donors (Lipinski definition) is 1. The molecule has 1 amide bonds. The van der Waals surface area contributed by atoms with Gasteiger partial charge in [-0.15, -0.1) is 0 Å². The fourth-order valence-electron chi connectivity index (χ4n) is 1.66. The van der Waals surface area contributed by atoms with Crippen LogP contribution < -0.4 is 10.2 Å². The Morgan fingerprint density at radius 1 is 1.33 bits per heavy atom. The van der Waals surface area contributed by atoms with Gasteiger partial charge in [-0.1, -0.05) is 12.1 Å². The second-order valence-electron chi connectivity index (χ2n) is 4.59. The van der Waals surface area contributed by atoms with E-state index in [1.165, 1.54) is 0 Å². The second kappa shape index (κ2) is 7.19. The largest absolute Gasteiger partial charge is 0.481 e. The Morgan fingerprint density at radius 2 is 2.10 bits per heavy atom. The molecular formula is C16H17N3O2. The topological polar surface area (TPSA) is 63.6 Å². The molecule has 2 aromatic rings. The third-order valence-corrected chi connectivity index (χ3v) is 2.77. The van der Waals surface area contributed by atoms with Crippen molar-refractivity contribution >= 4 is 12.1 Å². The Morgan fingerprint density at radius 3 is 2.81 bits per heavy atom. The van der Waals surface area contributed by atoms with Crippen molar-refractivity contribution in [3.05, 3.63) is 59.9 Å². The van der Waals surface area contributed by atoms with Crippen LogP contribution in [0.4, 0.5) is 0 Å². The minimum absolute atomic E-state index is 0.304. The Bertz CT molecular complexity index is 626. The van der Waals surface area contributed by atoms with E-state index in [4.69, 9.17) is 4.74 Å². The lowest BCUT2D eigenvalue weighted by molar-refractivity contribution is -0.127. The van der Waals surface area contributed by atoms with Gasteiger partial charge in [0.05, 0.1) is 6.21 Å². The van der Waals surface area contributed by atoms with Gasteiger partial charge < -0.3 is 4.74 Å². The highest BCUT2D eigenvalue weighted by Crippen LogP contribution is 2.14. The number of amides is 1. The first-order chi connectivity index (χ1) is 10.1. The van der Waals surface area contributed by atoms with Crippen LogP contribution in [0, 0.1) is 6.92 Å². The summed E-state index contributed by atoms with van der Waals surface area (Å²) in [5.74, 6) is 0.359. The number of carbonyl (C=O) groups excluding carboxylic acids is 1. The van der Waals surface area contributed by atoms with E-state index in [0.29, 0.717) is 5.75 Å². The van der Waals surface area contributed by atoms with Crippen molar-refractivity contribution in [2.45, 2.75) is 20.0 Å². The van der Waals surface area contributed by atoms with Gasteiger partial charge in [-0.3, -0.25) is 9.78 Å². The Hall–Kier alpha value is -2.69. The fourth-order valence-corrected chi connectivity index (χ4v) is 1.66. The van der Waals surface area contributed by atoms with Crippen molar-refractivity contribution in [2.24, 2.45) is 5.10 Å². The van der Waals surface area contributed by atoms with Gasteiger partial charge in [0.15, 0.2) is 6.10 Å². The first kappa shape index (κ1) is 14.7. The third-order valence-electron chi connectivity index (χ3n) is 2.77. The Labute approximate surface area is 123 Å². The summed E-state index contributed by atoms with van der Waals surface area (Å²) in [5.41, 5.74) is 4.39. The van der Waals surface area contributed by atoms with E-state index in [0.717, 1.165) is 11.1 Å². The van der Waals surface area contributed by atoms with E-state index in [2.05, 4.69) is 15.5 Å². The van der Waals surface area contributed by atoms with Crippen LogP contribution in [0.1, 0.15) is 18.1 Å². The molecule has 1 aromatic heterocycles. The molecule has 108 valence electrons. The van der Waals surface area contributed by atoms with Crippen LogP contribution in [-0.4, -0.2) is 23.2 Å². The predicted octanol–water partition coefficient (Wildman–Crippen LogP) is 2.31. The van der Waals surface area contributed by atoms with E-state index < -0.39 is 6.10 Å². The molecule has 5 nitrogen and oxygen atoms in total. The van der Waals surface area contributed by atoms with Crippen molar-refractivity contribution in [3.8, 4) is 5.75 Å². The number of aromatic nitrogens is 1. The molecule has 0 aliphatic heterocycles. The fraction of sp³-hybridized carbons (Fsp3) is 0.188. The lowest BCUT2D eigenvalue weighted by Crippen LogP contribution is -2.33. The van der Waals surface area contributed by atoms with E-state index in [1.54, 1.807) is 37.7 Å². The molecule has 0 radical (unpaired) electrons. The van der Waals surface area contributed by atoms with E-state index in [1.807, 2.05) is 31.2 Å². The maximum Gasteiger partial charge on any atom is 0.280 e. The molecular weight excluding hydrogens is 266 g/mol. The molecule has 0 aliphatic rings. The molecule has 1 N–H and O–H groups in total. The maximum atomic E-state index is 11.9. The van der Waals surface area contributed by atoms with Crippen molar-refractivity contribution in [1.82, 2.24) is 10.4 Å². The second-order valence-corrected chi connectivity index (χ2v) is 4.59. The molecule has 1 heterocycles. The summed E-state index contributed by atoms with van der Waals surface area (Å²) in [4.78, 5) is 15.8. The number of aryl methyl sites for hydroxylation is 1. The van der Waals surface area contributed by atoms with Gasteiger partial charge in [-0.2, -0.15) is 5.10 Å². The number of nitrogens with one attached hydrogen (secondary N) is 1. The molecule has 1 unspecified atom stereocenters. The lowest BCUT2D eigenvalue weighted by atomic mass is 10.2. The average Bonchev–Trinajstić information content (AvgIpc) is 2.48. The van der Waals surface area contributed by atoms with Gasteiger partial charge in [0.25, 0.3) is 5.91 Å². The summed E-state index contributed by atoms with van der Waals surface area (Å²) >= 11 is 0. The van der Waals surface area contributed by atoms with Gasteiger partial charge >= 0.3 is 0 Å². The molecule has 2 rings (SSSR count). The summed E-state index contributed by atoms with van der Waals surface area (Å²) in [7, 11) is 0. The molecule has 5 heteroatoms. The van der Waals surface area contributed by atoms with Gasteiger partial charge in [-0.25, -0.2) is 5.43 Å². The maximum absolute atomic E-state index is 11.9. The number of pyridine rings is 1. The summed E-state index contributed by atoms with van der Waals surface area (Å²) in [6.07, 6.45) is 4.25. The molecule has 1 atom stereocenters. The predicted molar refractivity (Wildman–Crippen MR) is 81.2 cm³/mol.